The molecule has 0 aliphatic heterocycles. The number of benzene rings is 4. The first-order valence-electron chi connectivity index (χ1n) is 9.16. The highest BCUT2D eigenvalue weighted by Gasteiger charge is 2.16. The van der Waals surface area contributed by atoms with Crippen molar-refractivity contribution in [3.8, 4) is 11.1 Å². The van der Waals surface area contributed by atoms with Crippen molar-refractivity contribution in [1.82, 2.24) is 0 Å². The van der Waals surface area contributed by atoms with Crippen molar-refractivity contribution in [1.29, 1.82) is 0 Å². The van der Waals surface area contributed by atoms with Gasteiger partial charge in [-0.1, -0.05) is 66.7 Å². The largest absolute Gasteiger partial charge is 0.455 e. The summed E-state index contributed by atoms with van der Waals surface area (Å²) >= 11 is 0. The van der Waals surface area contributed by atoms with E-state index in [0.717, 1.165) is 43.8 Å². The molecule has 0 aliphatic rings. The van der Waals surface area contributed by atoms with E-state index in [1.165, 1.54) is 0 Å². The third kappa shape index (κ3) is 2.01. The van der Waals surface area contributed by atoms with E-state index in [2.05, 4.69) is 24.3 Å². The predicted octanol–water partition coefficient (Wildman–Crippen LogP) is 6.51. The van der Waals surface area contributed by atoms with Gasteiger partial charge in [0.05, 0.1) is 5.39 Å². The molecule has 0 atom stereocenters. The van der Waals surface area contributed by atoms with Gasteiger partial charge in [0, 0.05) is 27.1 Å². The topological polar surface area (TPSA) is 43.4 Å². The molecule has 3 nitrogen and oxygen atoms in total. The standard InChI is InChI=1S/C25H14O3/c26-25-20-9-2-1-8-17(20)23-16(10-6-14-22(23)28-25)19-12-5-11-18-15-7-3-4-13-21(15)27-24(18)19/h1-14H. The van der Waals surface area contributed by atoms with Gasteiger partial charge in [-0.05, 0) is 23.8 Å². The Morgan fingerprint density at radius 2 is 1.14 bits per heavy atom. The van der Waals surface area contributed by atoms with E-state index in [4.69, 9.17) is 8.83 Å². The quantitative estimate of drug-likeness (QED) is 0.247. The Morgan fingerprint density at radius 3 is 2.04 bits per heavy atom. The summed E-state index contributed by atoms with van der Waals surface area (Å²) in [6.07, 6.45) is 0. The summed E-state index contributed by atoms with van der Waals surface area (Å²) in [4.78, 5) is 12.4. The maximum atomic E-state index is 12.4. The first-order valence-corrected chi connectivity index (χ1v) is 9.16. The van der Waals surface area contributed by atoms with Crippen LogP contribution >= 0.6 is 0 Å². The maximum Gasteiger partial charge on any atom is 0.344 e. The van der Waals surface area contributed by atoms with Crippen LogP contribution in [0.25, 0.3) is 54.8 Å². The van der Waals surface area contributed by atoms with Crippen LogP contribution in [-0.4, -0.2) is 0 Å². The Balaban J connectivity index is 1.81. The normalized spacial score (nSPS) is 11.7. The average molecular weight is 362 g/mol. The summed E-state index contributed by atoms with van der Waals surface area (Å²) in [5.74, 6) is 0. The van der Waals surface area contributed by atoms with Crippen molar-refractivity contribution in [3.05, 3.63) is 95.3 Å². The summed E-state index contributed by atoms with van der Waals surface area (Å²) in [7, 11) is 0. The zero-order chi connectivity index (χ0) is 18.7. The molecular formula is C25H14O3. The van der Waals surface area contributed by atoms with E-state index in [1.807, 2.05) is 54.6 Å². The molecule has 0 saturated heterocycles. The molecule has 0 N–H and O–H groups in total. The van der Waals surface area contributed by atoms with Gasteiger partial charge in [-0.3, -0.25) is 0 Å². The molecule has 2 heterocycles. The van der Waals surface area contributed by atoms with Crippen LogP contribution in [0.5, 0.6) is 0 Å². The average Bonchev–Trinajstić information content (AvgIpc) is 3.12. The molecular weight excluding hydrogens is 348 g/mol. The van der Waals surface area contributed by atoms with Gasteiger partial charge in [0.2, 0.25) is 0 Å². The van der Waals surface area contributed by atoms with E-state index in [-0.39, 0.29) is 5.63 Å². The molecule has 2 aromatic heterocycles. The molecule has 0 fully saturated rings. The molecule has 0 bridgehead atoms. The predicted molar refractivity (Wildman–Crippen MR) is 113 cm³/mol. The molecule has 0 unspecified atom stereocenters. The highest BCUT2D eigenvalue weighted by atomic mass is 16.4. The lowest BCUT2D eigenvalue weighted by molar-refractivity contribution is 0.570. The third-order valence-corrected chi connectivity index (χ3v) is 5.34. The maximum absolute atomic E-state index is 12.4. The second kappa shape index (κ2) is 5.57. The Kier molecular flexibility index (Phi) is 3.03. The highest BCUT2D eigenvalue weighted by Crippen LogP contribution is 2.39. The van der Waals surface area contributed by atoms with Crippen LogP contribution in [0, 0.1) is 0 Å². The first kappa shape index (κ1) is 15.2. The fourth-order valence-corrected chi connectivity index (χ4v) is 4.11. The minimum absolute atomic E-state index is 0.317. The van der Waals surface area contributed by atoms with Gasteiger partial charge in [0.15, 0.2) is 0 Å². The van der Waals surface area contributed by atoms with Crippen molar-refractivity contribution in [2.75, 3.05) is 0 Å². The second-order valence-electron chi connectivity index (χ2n) is 6.89. The van der Waals surface area contributed by atoms with Crippen LogP contribution in [0.3, 0.4) is 0 Å². The van der Waals surface area contributed by atoms with Gasteiger partial charge in [-0.25, -0.2) is 4.79 Å². The number of fused-ring (bicyclic) bond motifs is 6. The fourth-order valence-electron chi connectivity index (χ4n) is 4.11. The number of hydrogen-bond acceptors (Lipinski definition) is 3. The van der Waals surface area contributed by atoms with Crippen LogP contribution in [0.2, 0.25) is 0 Å². The Labute approximate surface area is 159 Å². The fraction of sp³-hybridized carbons (Fsp3) is 0. The number of rotatable bonds is 1. The Morgan fingerprint density at radius 1 is 0.500 bits per heavy atom. The number of hydrogen-bond donors (Lipinski definition) is 0. The molecule has 6 rings (SSSR count). The first-order chi connectivity index (χ1) is 13.8. The van der Waals surface area contributed by atoms with E-state index in [9.17, 15) is 4.79 Å². The van der Waals surface area contributed by atoms with Crippen LogP contribution in [0.15, 0.2) is 98.6 Å². The summed E-state index contributed by atoms with van der Waals surface area (Å²) in [5, 5.41) is 4.56. The van der Waals surface area contributed by atoms with Gasteiger partial charge < -0.3 is 8.83 Å². The van der Waals surface area contributed by atoms with Crippen molar-refractivity contribution >= 4 is 43.7 Å². The molecule has 0 spiro atoms. The smallest absolute Gasteiger partial charge is 0.344 e. The van der Waals surface area contributed by atoms with Gasteiger partial charge in [0.1, 0.15) is 16.7 Å². The summed E-state index contributed by atoms with van der Waals surface area (Å²) in [6.45, 7) is 0. The second-order valence-corrected chi connectivity index (χ2v) is 6.89. The highest BCUT2D eigenvalue weighted by molar-refractivity contribution is 6.16. The molecule has 0 aliphatic carbocycles. The minimum Gasteiger partial charge on any atom is -0.455 e. The molecule has 28 heavy (non-hydrogen) atoms. The van der Waals surface area contributed by atoms with Gasteiger partial charge in [0.25, 0.3) is 0 Å². The monoisotopic (exact) mass is 362 g/mol. The molecule has 0 saturated carbocycles. The van der Waals surface area contributed by atoms with E-state index >= 15 is 0 Å². The number of furan rings is 1. The lowest BCUT2D eigenvalue weighted by Gasteiger charge is -2.09. The summed E-state index contributed by atoms with van der Waals surface area (Å²) in [5.41, 5.74) is 3.94. The van der Waals surface area contributed by atoms with Crippen LogP contribution in [-0.2, 0) is 0 Å². The molecule has 4 aromatic carbocycles. The SMILES string of the molecule is O=c1oc2cccc(-c3cccc4c3oc3ccccc34)c2c2ccccc12. The van der Waals surface area contributed by atoms with Crippen molar-refractivity contribution < 1.29 is 8.83 Å². The van der Waals surface area contributed by atoms with Crippen molar-refractivity contribution in [3.63, 3.8) is 0 Å². The zero-order valence-corrected chi connectivity index (χ0v) is 14.8. The minimum atomic E-state index is -0.317. The van der Waals surface area contributed by atoms with E-state index in [0.29, 0.717) is 11.0 Å². The molecule has 3 heteroatoms. The summed E-state index contributed by atoms with van der Waals surface area (Å²) in [6, 6.07) is 27.6. The molecule has 0 radical (unpaired) electrons. The van der Waals surface area contributed by atoms with Crippen LogP contribution in [0.1, 0.15) is 0 Å². The van der Waals surface area contributed by atoms with E-state index in [1.54, 1.807) is 6.07 Å². The zero-order valence-electron chi connectivity index (χ0n) is 14.8. The Hall–Kier alpha value is -3.85. The van der Waals surface area contributed by atoms with E-state index < -0.39 is 0 Å². The van der Waals surface area contributed by atoms with Crippen LogP contribution < -0.4 is 5.63 Å². The van der Waals surface area contributed by atoms with Crippen LogP contribution in [0.4, 0.5) is 0 Å². The molecule has 132 valence electrons. The third-order valence-electron chi connectivity index (χ3n) is 5.34. The van der Waals surface area contributed by atoms with Gasteiger partial charge in [-0.15, -0.1) is 0 Å². The van der Waals surface area contributed by atoms with Crippen molar-refractivity contribution in [2.45, 2.75) is 0 Å². The van der Waals surface area contributed by atoms with Gasteiger partial charge in [-0.2, -0.15) is 0 Å². The molecule has 0 amide bonds. The van der Waals surface area contributed by atoms with Gasteiger partial charge >= 0.3 is 5.63 Å². The molecule has 6 aromatic rings. The van der Waals surface area contributed by atoms with Crippen molar-refractivity contribution in [2.24, 2.45) is 0 Å². The lowest BCUT2D eigenvalue weighted by Crippen LogP contribution is -2.00. The lowest BCUT2D eigenvalue weighted by atomic mass is 9.96. The summed E-state index contributed by atoms with van der Waals surface area (Å²) < 4.78 is 11.9. The number of para-hydroxylation sites is 2. The Bertz CT molecular complexity index is 1580.